The van der Waals surface area contributed by atoms with E-state index in [-0.39, 0.29) is 29.3 Å². The van der Waals surface area contributed by atoms with Gasteiger partial charge in [0.15, 0.2) is 5.82 Å². The molecule has 2 atom stereocenters. The molecule has 3 aliphatic rings. The Morgan fingerprint density at radius 2 is 1.79 bits per heavy atom. The average Bonchev–Trinajstić information content (AvgIpc) is 2.57. The maximum absolute atomic E-state index is 14.4. The van der Waals surface area contributed by atoms with Crippen molar-refractivity contribution in [2.45, 2.75) is 82.7 Å². The molecular weight excluding hydrogens is 390 g/mol. The Balaban J connectivity index is 1.59. The molecule has 160 valence electrons. The smallest absolute Gasteiger partial charge is 0.386 e. The first-order chi connectivity index (χ1) is 13.7. The van der Waals surface area contributed by atoms with E-state index >= 15 is 0 Å². The molecule has 6 nitrogen and oxygen atoms in total. The second-order valence-electron chi connectivity index (χ2n) is 8.55. The third-order valence-corrected chi connectivity index (χ3v) is 6.33. The standard InChI is InChI=1S/C19H25F4N5O/c1-10(19(21,22)23)24-16-26-15(12-4-2-5-13(29)14(12)20)27-17(28-16)25-11-8-18(9-11)6-3-7-18/h10-11,13,29H,2-9H2,1H3,(H2,24,25,26,27,28)/t10-,13?/m1/s1. The molecule has 0 radical (unpaired) electrons. The highest BCUT2D eigenvalue weighted by molar-refractivity contribution is 5.65. The summed E-state index contributed by atoms with van der Waals surface area (Å²) >= 11 is 0. The van der Waals surface area contributed by atoms with Gasteiger partial charge in [0.25, 0.3) is 0 Å². The summed E-state index contributed by atoms with van der Waals surface area (Å²) in [4.78, 5) is 12.4. The summed E-state index contributed by atoms with van der Waals surface area (Å²) in [5, 5.41) is 15.2. The van der Waals surface area contributed by atoms with Crippen LogP contribution in [0.15, 0.2) is 5.83 Å². The number of hydrogen-bond donors (Lipinski definition) is 3. The molecule has 29 heavy (non-hydrogen) atoms. The quantitative estimate of drug-likeness (QED) is 0.625. The van der Waals surface area contributed by atoms with Crippen molar-refractivity contribution in [3.8, 4) is 0 Å². The lowest BCUT2D eigenvalue weighted by Crippen LogP contribution is -2.49. The maximum Gasteiger partial charge on any atom is 0.408 e. The number of anilines is 2. The first-order valence-electron chi connectivity index (χ1n) is 10.1. The van der Waals surface area contributed by atoms with Crippen LogP contribution >= 0.6 is 0 Å². The summed E-state index contributed by atoms with van der Waals surface area (Å²) in [6.45, 7) is 0.965. The van der Waals surface area contributed by atoms with E-state index in [2.05, 4.69) is 25.6 Å². The zero-order valence-corrected chi connectivity index (χ0v) is 16.2. The molecule has 0 saturated heterocycles. The predicted octanol–water partition coefficient (Wildman–Crippen LogP) is 4.20. The van der Waals surface area contributed by atoms with Crippen molar-refractivity contribution in [3.05, 3.63) is 11.7 Å². The summed E-state index contributed by atoms with van der Waals surface area (Å²) in [7, 11) is 0. The van der Waals surface area contributed by atoms with Crippen LogP contribution in [0, 0.1) is 5.41 Å². The normalized spacial score (nSPS) is 25.4. The number of aliphatic hydroxyl groups excluding tert-OH is 1. The Morgan fingerprint density at radius 3 is 2.41 bits per heavy atom. The van der Waals surface area contributed by atoms with Crippen molar-refractivity contribution in [1.29, 1.82) is 0 Å². The first-order valence-corrected chi connectivity index (χ1v) is 10.1. The number of rotatable bonds is 5. The van der Waals surface area contributed by atoms with Crippen LogP contribution in [0.3, 0.4) is 0 Å². The van der Waals surface area contributed by atoms with Crippen molar-refractivity contribution in [2.75, 3.05) is 10.6 Å². The molecule has 0 aliphatic heterocycles. The second kappa shape index (κ2) is 7.37. The minimum Gasteiger partial charge on any atom is -0.386 e. The van der Waals surface area contributed by atoms with Crippen LogP contribution in [0.25, 0.3) is 5.57 Å². The van der Waals surface area contributed by atoms with Gasteiger partial charge in [0.05, 0.1) is 0 Å². The van der Waals surface area contributed by atoms with Gasteiger partial charge in [-0.15, -0.1) is 0 Å². The van der Waals surface area contributed by atoms with Crippen LogP contribution in [-0.4, -0.2) is 44.4 Å². The van der Waals surface area contributed by atoms with E-state index in [9.17, 15) is 22.7 Å². The Labute approximate surface area is 166 Å². The van der Waals surface area contributed by atoms with E-state index in [1.54, 1.807) is 0 Å². The molecule has 1 heterocycles. The van der Waals surface area contributed by atoms with Gasteiger partial charge in [-0.2, -0.15) is 28.1 Å². The van der Waals surface area contributed by atoms with Gasteiger partial charge in [-0.3, -0.25) is 0 Å². The van der Waals surface area contributed by atoms with Crippen LogP contribution in [0.5, 0.6) is 0 Å². The number of nitrogens with one attached hydrogen (secondary N) is 2. The van der Waals surface area contributed by atoms with Crippen LogP contribution in [0.2, 0.25) is 0 Å². The van der Waals surface area contributed by atoms with Crippen LogP contribution in [-0.2, 0) is 0 Å². The highest BCUT2D eigenvalue weighted by Gasteiger charge is 2.48. The van der Waals surface area contributed by atoms with Crippen molar-refractivity contribution >= 4 is 17.5 Å². The minimum absolute atomic E-state index is 0.0340. The Bertz CT molecular complexity index is 800. The van der Waals surface area contributed by atoms with E-state index in [4.69, 9.17) is 0 Å². The van der Waals surface area contributed by atoms with Gasteiger partial charge in [-0.25, -0.2) is 4.39 Å². The fraction of sp³-hybridized carbons (Fsp3) is 0.737. The lowest BCUT2D eigenvalue weighted by atomic mass is 9.54. The lowest BCUT2D eigenvalue weighted by molar-refractivity contribution is -0.138. The molecule has 4 rings (SSSR count). The van der Waals surface area contributed by atoms with Gasteiger partial charge in [0.1, 0.15) is 18.0 Å². The summed E-state index contributed by atoms with van der Waals surface area (Å²) in [6, 6.07) is -1.72. The molecule has 10 heteroatoms. The zero-order chi connectivity index (χ0) is 20.8. The van der Waals surface area contributed by atoms with Crippen molar-refractivity contribution in [3.63, 3.8) is 0 Å². The molecule has 1 aromatic rings. The molecular formula is C19H25F4N5O. The number of aliphatic hydroxyl groups is 1. The topological polar surface area (TPSA) is 83.0 Å². The second-order valence-corrected chi connectivity index (χ2v) is 8.55. The van der Waals surface area contributed by atoms with Gasteiger partial charge in [0.2, 0.25) is 11.9 Å². The number of halogens is 4. The van der Waals surface area contributed by atoms with Gasteiger partial charge in [-0.05, 0) is 57.3 Å². The molecule has 0 bridgehead atoms. The summed E-state index contributed by atoms with van der Waals surface area (Å²) in [5.41, 5.74) is 0.530. The third-order valence-electron chi connectivity index (χ3n) is 6.33. The number of aromatic nitrogens is 3. The predicted molar refractivity (Wildman–Crippen MR) is 99.8 cm³/mol. The summed E-state index contributed by atoms with van der Waals surface area (Å²) in [6.07, 6.45) is 1.06. The summed E-state index contributed by atoms with van der Waals surface area (Å²) < 4.78 is 53.3. The first kappa shape index (κ1) is 20.3. The van der Waals surface area contributed by atoms with Gasteiger partial charge < -0.3 is 15.7 Å². The largest absolute Gasteiger partial charge is 0.408 e. The molecule has 3 aliphatic carbocycles. The van der Waals surface area contributed by atoms with Crippen LogP contribution in [0.1, 0.15) is 64.1 Å². The average molecular weight is 415 g/mol. The number of allylic oxidation sites excluding steroid dienone is 1. The highest BCUT2D eigenvalue weighted by atomic mass is 19.4. The molecule has 0 amide bonds. The van der Waals surface area contributed by atoms with Crippen molar-refractivity contribution in [2.24, 2.45) is 5.41 Å². The molecule has 1 aromatic heterocycles. The lowest BCUT2D eigenvalue weighted by Gasteiger charge is -2.54. The monoisotopic (exact) mass is 415 g/mol. The van der Waals surface area contributed by atoms with E-state index in [0.29, 0.717) is 24.7 Å². The number of hydrogen-bond acceptors (Lipinski definition) is 6. The van der Waals surface area contributed by atoms with E-state index in [1.807, 2.05) is 0 Å². The fourth-order valence-corrected chi connectivity index (χ4v) is 4.41. The van der Waals surface area contributed by atoms with Crippen molar-refractivity contribution in [1.82, 2.24) is 15.0 Å². The molecule has 2 saturated carbocycles. The summed E-state index contributed by atoms with van der Waals surface area (Å²) in [5.74, 6) is -0.889. The van der Waals surface area contributed by atoms with Gasteiger partial charge >= 0.3 is 6.18 Å². The van der Waals surface area contributed by atoms with E-state index in [1.165, 1.54) is 19.3 Å². The SMILES string of the molecule is C[C@@H](Nc1nc(NC2CC3(CCC3)C2)nc(C2=C(F)C(O)CCC2)n1)C(F)(F)F. The Hall–Kier alpha value is -1.97. The highest BCUT2D eigenvalue weighted by Crippen LogP contribution is 2.56. The Kier molecular flexibility index (Phi) is 5.16. The third kappa shape index (κ3) is 4.17. The Morgan fingerprint density at radius 1 is 1.10 bits per heavy atom. The fourth-order valence-electron chi connectivity index (χ4n) is 4.41. The van der Waals surface area contributed by atoms with Crippen molar-refractivity contribution < 1.29 is 22.7 Å². The van der Waals surface area contributed by atoms with Crippen LogP contribution in [0.4, 0.5) is 29.5 Å². The van der Waals surface area contributed by atoms with E-state index < -0.39 is 24.1 Å². The molecule has 1 spiro atoms. The van der Waals surface area contributed by atoms with Gasteiger partial charge in [-0.1, -0.05) is 6.42 Å². The number of nitrogens with zero attached hydrogens (tertiary/aromatic N) is 3. The van der Waals surface area contributed by atoms with E-state index in [0.717, 1.165) is 19.8 Å². The minimum atomic E-state index is -4.48. The molecule has 2 fully saturated rings. The van der Waals surface area contributed by atoms with Crippen LogP contribution < -0.4 is 10.6 Å². The number of alkyl halides is 3. The molecule has 3 N–H and O–H groups in total. The maximum atomic E-state index is 14.4. The van der Waals surface area contributed by atoms with Gasteiger partial charge in [0, 0.05) is 11.6 Å². The molecule has 0 aromatic carbocycles. The molecule has 1 unspecified atom stereocenters. The zero-order valence-electron chi connectivity index (χ0n) is 16.2.